The highest BCUT2D eigenvalue weighted by Crippen LogP contribution is 2.28. The Balaban J connectivity index is 3.32. The molecule has 1 unspecified atom stereocenters. The zero-order chi connectivity index (χ0) is 41.1. The largest absolute Gasteiger partial charge is 0.370 e. The number of nitrogens with two attached hydrogens (primary N) is 3. The Labute approximate surface area is 323 Å². The Hall–Kier alpha value is -3.59. The van der Waals surface area contributed by atoms with Crippen molar-refractivity contribution in [2.45, 2.75) is 162 Å². The first kappa shape index (κ1) is 48.4. The summed E-state index contributed by atoms with van der Waals surface area (Å²) in [6.45, 7) is 15.5. The molecule has 0 aromatic heterocycles. The number of carbonyl (C=O) groups excluding carboxylic acids is 6. The van der Waals surface area contributed by atoms with E-state index in [0.29, 0.717) is 32.2 Å². The summed E-state index contributed by atoms with van der Waals surface area (Å²) in [5.41, 5.74) is 17.9. The minimum atomic E-state index is -1.32. The van der Waals surface area contributed by atoms with E-state index in [1.165, 1.54) is 0 Å². The second-order valence-electron chi connectivity index (χ2n) is 16.8. The van der Waals surface area contributed by atoms with Crippen LogP contribution in [0.15, 0.2) is 0 Å². The lowest BCUT2D eigenvalue weighted by Crippen LogP contribution is -2.59. The molecule has 0 bridgehead atoms. The first-order chi connectivity index (χ1) is 25.3. The number of carbonyl (C=O) groups is 5. The Morgan fingerprint density at radius 2 is 1.22 bits per heavy atom. The zero-order valence-corrected chi connectivity index (χ0v) is 34.1. The fraction of sp³-hybridized carbons (Fsp3) is 0.821. The summed E-state index contributed by atoms with van der Waals surface area (Å²) < 4.78 is 0. The van der Waals surface area contributed by atoms with E-state index in [1.54, 1.807) is 20.1 Å². The molecule has 15 heteroatoms. The van der Waals surface area contributed by atoms with Gasteiger partial charge in [0.1, 0.15) is 12.1 Å². The van der Waals surface area contributed by atoms with Crippen LogP contribution in [0.25, 0.3) is 0 Å². The Kier molecular flexibility index (Phi) is 22.2. The van der Waals surface area contributed by atoms with Gasteiger partial charge in [-0.05, 0) is 68.1 Å². The summed E-state index contributed by atoms with van der Waals surface area (Å²) in [7, 11) is 0. The third kappa shape index (κ3) is 18.2. The van der Waals surface area contributed by atoms with E-state index in [1.807, 2.05) is 41.5 Å². The Morgan fingerprint density at radius 1 is 0.704 bits per heavy atom. The molecule has 1 radical (unpaired) electrons. The second-order valence-corrected chi connectivity index (χ2v) is 16.8. The fourth-order valence-electron chi connectivity index (χ4n) is 7.12. The second kappa shape index (κ2) is 24.7. The first-order valence-corrected chi connectivity index (χ1v) is 20.0. The van der Waals surface area contributed by atoms with Crippen molar-refractivity contribution in [1.29, 1.82) is 5.41 Å². The van der Waals surface area contributed by atoms with Crippen LogP contribution >= 0.6 is 0 Å². The molecule has 1 saturated carbocycles. The number of hydrogen-bond acceptors (Lipinski definition) is 9. The number of Topliss-reactive ketones (excluding diaryl/α,β-unsaturated/α-hetero) is 1. The monoisotopic (exact) mass is 763 g/mol. The zero-order valence-electron chi connectivity index (χ0n) is 34.1. The van der Waals surface area contributed by atoms with Crippen molar-refractivity contribution in [3.8, 4) is 0 Å². The molecule has 1 rings (SSSR count). The smallest absolute Gasteiger partial charge is 0.243 e. The molecule has 7 atom stereocenters. The molecule has 54 heavy (non-hydrogen) atoms. The molecule has 1 aliphatic rings. The SMILES string of the molecule is CC(C)C[C@@H](N)C(=O)N[C@@H](CC(C)C)C(=O)N[C@@H](CC1CCCCC1)C(=O)N[C@@H](CC(C)C)C(=O)C(C(C)C)[C@H](N)C(=O)N[C@@H]([C]=O)CCCNC(=N)N. The average Bonchev–Trinajstić information content (AvgIpc) is 3.07. The van der Waals surface area contributed by atoms with Crippen LogP contribution in [-0.2, 0) is 28.8 Å². The summed E-state index contributed by atoms with van der Waals surface area (Å²) in [6.07, 6.45) is 8.84. The van der Waals surface area contributed by atoms with Crippen molar-refractivity contribution >= 4 is 41.7 Å². The average molecular weight is 763 g/mol. The van der Waals surface area contributed by atoms with Gasteiger partial charge in [0.2, 0.25) is 29.9 Å². The van der Waals surface area contributed by atoms with E-state index < -0.39 is 77.5 Å². The molecule has 0 heterocycles. The van der Waals surface area contributed by atoms with Crippen LogP contribution in [0.4, 0.5) is 0 Å². The lowest BCUT2D eigenvalue weighted by molar-refractivity contribution is -0.137. The lowest BCUT2D eigenvalue weighted by atomic mass is 9.80. The van der Waals surface area contributed by atoms with Crippen LogP contribution in [-0.4, -0.2) is 84.5 Å². The third-order valence-corrected chi connectivity index (χ3v) is 9.88. The maximum atomic E-state index is 14.3. The van der Waals surface area contributed by atoms with Crippen LogP contribution < -0.4 is 43.8 Å². The topological polar surface area (TPSA) is 264 Å². The molecule has 12 N–H and O–H groups in total. The molecule has 0 spiro atoms. The maximum absolute atomic E-state index is 14.3. The highest BCUT2D eigenvalue weighted by Gasteiger charge is 2.40. The van der Waals surface area contributed by atoms with Crippen LogP contribution in [0.3, 0.4) is 0 Å². The number of nitrogens with one attached hydrogen (secondary N) is 6. The quantitative estimate of drug-likeness (QED) is 0.0371. The van der Waals surface area contributed by atoms with Gasteiger partial charge in [-0.25, -0.2) is 0 Å². The number of ketones is 1. The molecule has 0 aromatic carbocycles. The van der Waals surface area contributed by atoms with E-state index in [9.17, 15) is 28.8 Å². The minimum absolute atomic E-state index is 0.0261. The highest BCUT2D eigenvalue weighted by molar-refractivity contribution is 5.98. The van der Waals surface area contributed by atoms with Crippen molar-refractivity contribution < 1.29 is 28.8 Å². The standard InChI is InChI=1S/C39H72N9O6/c1-22(2)17-28(40)35(51)47-30(19-24(5)6)36(52)48-31(20-26-13-10-9-11-14-26)37(53)46-29(18-23(3)4)34(50)32(25(7)8)33(41)38(54)45-27(21-49)15-12-16-44-39(42)43/h22-33H,9-20,40-41H2,1-8H3,(H,45,54)(H,46,53)(H,47,51)(H,48,52)(H4,42,43,44)/t27-,28-,29+,30+,31+,32?,33+/m1/s1. The van der Waals surface area contributed by atoms with Gasteiger partial charge >= 0.3 is 0 Å². The Bertz CT molecular complexity index is 1220. The number of amides is 4. The van der Waals surface area contributed by atoms with Gasteiger partial charge in [-0.2, -0.15) is 0 Å². The molecule has 1 fully saturated rings. The summed E-state index contributed by atoms with van der Waals surface area (Å²) in [6, 6.07) is -5.99. The van der Waals surface area contributed by atoms with Gasteiger partial charge in [-0.3, -0.25) is 34.2 Å². The van der Waals surface area contributed by atoms with Gasteiger partial charge in [0.25, 0.3) is 0 Å². The van der Waals surface area contributed by atoms with Crippen molar-refractivity contribution in [2.75, 3.05) is 6.54 Å². The van der Waals surface area contributed by atoms with Crippen LogP contribution in [0.5, 0.6) is 0 Å². The van der Waals surface area contributed by atoms with Gasteiger partial charge in [-0.1, -0.05) is 87.5 Å². The predicted molar refractivity (Wildman–Crippen MR) is 211 cm³/mol. The normalized spacial score (nSPS) is 17.5. The summed E-state index contributed by atoms with van der Waals surface area (Å²) in [4.78, 5) is 80.4. The van der Waals surface area contributed by atoms with Gasteiger partial charge < -0.3 is 43.8 Å². The highest BCUT2D eigenvalue weighted by atomic mass is 16.2. The van der Waals surface area contributed by atoms with Crippen LogP contribution in [0.2, 0.25) is 0 Å². The van der Waals surface area contributed by atoms with Crippen molar-refractivity contribution in [1.82, 2.24) is 26.6 Å². The molecule has 309 valence electrons. The van der Waals surface area contributed by atoms with Gasteiger partial charge in [0.15, 0.2) is 11.7 Å². The van der Waals surface area contributed by atoms with E-state index >= 15 is 0 Å². The number of hydrogen-bond donors (Lipinski definition) is 9. The first-order valence-electron chi connectivity index (χ1n) is 20.0. The molecule has 1 aliphatic carbocycles. The summed E-state index contributed by atoms with van der Waals surface area (Å²) in [5.74, 6) is -3.77. The number of guanidine groups is 1. The maximum Gasteiger partial charge on any atom is 0.243 e. The molecular weight excluding hydrogens is 690 g/mol. The van der Waals surface area contributed by atoms with E-state index in [2.05, 4.69) is 26.6 Å². The van der Waals surface area contributed by atoms with Crippen molar-refractivity contribution in [2.24, 2.45) is 52.7 Å². The molecule has 0 aliphatic heterocycles. The summed E-state index contributed by atoms with van der Waals surface area (Å²) in [5, 5.41) is 21.1. The lowest BCUT2D eigenvalue weighted by Gasteiger charge is -2.33. The van der Waals surface area contributed by atoms with E-state index in [4.69, 9.17) is 22.6 Å². The molecule has 15 nitrogen and oxygen atoms in total. The Morgan fingerprint density at radius 3 is 1.74 bits per heavy atom. The molecule has 0 aromatic rings. The van der Waals surface area contributed by atoms with E-state index in [-0.39, 0.29) is 42.5 Å². The van der Waals surface area contributed by atoms with Crippen molar-refractivity contribution in [3.63, 3.8) is 0 Å². The summed E-state index contributed by atoms with van der Waals surface area (Å²) >= 11 is 0. The van der Waals surface area contributed by atoms with Gasteiger partial charge in [0, 0.05) is 12.5 Å². The number of rotatable bonds is 25. The van der Waals surface area contributed by atoms with Crippen LogP contribution in [0.1, 0.15) is 126 Å². The van der Waals surface area contributed by atoms with Crippen LogP contribution in [0, 0.1) is 40.9 Å². The third-order valence-electron chi connectivity index (χ3n) is 9.88. The van der Waals surface area contributed by atoms with Gasteiger partial charge in [0.05, 0.1) is 24.2 Å². The fourth-order valence-corrected chi connectivity index (χ4v) is 7.12. The van der Waals surface area contributed by atoms with E-state index in [0.717, 1.165) is 32.1 Å². The molecule has 0 saturated heterocycles. The predicted octanol–water partition coefficient (Wildman–Crippen LogP) is 1.90. The molecule has 4 amide bonds. The molecular formula is C39H72N9O6. The van der Waals surface area contributed by atoms with Gasteiger partial charge in [-0.15, -0.1) is 0 Å². The van der Waals surface area contributed by atoms with Crippen molar-refractivity contribution in [3.05, 3.63) is 0 Å². The minimum Gasteiger partial charge on any atom is -0.370 e.